The topological polar surface area (TPSA) is 62.2 Å². The van der Waals surface area contributed by atoms with Gasteiger partial charge in [0.1, 0.15) is 5.82 Å². The van der Waals surface area contributed by atoms with Crippen LogP contribution in [0, 0.1) is 5.82 Å². The number of nitrogens with zero attached hydrogens (tertiary/aromatic N) is 1. The van der Waals surface area contributed by atoms with Crippen molar-refractivity contribution in [1.82, 2.24) is 10.3 Å². The fourth-order valence-corrected chi connectivity index (χ4v) is 0.879. The van der Waals surface area contributed by atoms with E-state index in [2.05, 4.69) is 10.3 Å². The zero-order valence-corrected chi connectivity index (χ0v) is 7.70. The van der Waals surface area contributed by atoms with E-state index in [4.69, 9.17) is 5.11 Å². The molecule has 0 aromatic carbocycles. The summed E-state index contributed by atoms with van der Waals surface area (Å²) >= 11 is 0. The fourth-order valence-electron chi connectivity index (χ4n) is 0.879. The van der Waals surface area contributed by atoms with Crippen molar-refractivity contribution in [1.29, 1.82) is 0 Å². The van der Waals surface area contributed by atoms with Gasteiger partial charge in [-0.05, 0) is 13.0 Å². The summed E-state index contributed by atoms with van der Waals surface area (Å²) in [6.45, 7) is 1.68. The summed E-state index contributed by atoms with van der Waals surface area (Å²) in [5, 5.41) is 11.3. The molecule has 0 fully saturated rings. The Morgan fingerprint density at radius 3 is 3.00 bits per heavy atom. The number of hydrogen-bond acceptors (Lipinski definition) is 3. The van der Waals surface area contributed by atoms with E-state index in [1.807, 2.05) is 0 Å². The van der Waals surface area contributed by atoms with E-state index in [9.17, 15) is 9.18 Å². The average Bonchev–Trinajstić information content (AvgIpc) is 2.14. The summed E-state index contributed by atoms with van der Waals surface area (Å²) in [5.41, 5.74) is 0.144. The van der Waals surface area contributed by atoms with Gasteiger partial charge in [-0.3, -0.25) is 9.78 Å². The lowest BCUT2D eigenvalue weighted by atomic mass is 10.2. The molecule has 5 heteroatoms. The molecule has 0 aliphatic rings. The van der Waals surface area contributed by atoms with Crippen molar-refractivity contribution in [3.05, 3.63) is 29.8 Å². The minimum atomic E-state index is -0.625. The monoisotopic (exact) mass is 198 g/mol. The van der Waals surface area contributed by atoms with Crippen molar-refractivity contribution in [3.63, 3.8) is 0 Å². The highest BCUT2D eigenvalue weighted by molar-refractivity contribution is 5.93. The maximum atomic E-state index is 12.6. The van der Waals surface area contributed by atoms with Crippen molar-refractivity contribution in [2.45, 2.75) is 13.0 Å². The molecule has 0 unspecified atom stereocenters. The lowest BCUT2D eigenvalue weighted by molar-refractivity contribution is 0.0923. The maximum Gasteiger partial charge on any atom is 0.253 e. The van der Waals surface area contributed by atoms with Gasteiger partial charge in [0.15, 0.2) is 0 Å². The molecule has 0 bridgehead atoms. The molecular weight excluding hydrogens is 187 g/mol. The molecule has 1 aromatic rings. The van der Waals surface area contributed by atoms with Crippen LogP contribution in [-0.2, 0) is 0 Å². The number of hydrogen-bond donors (Lipinski definition) is 2. The van der Waals surface area contributed by atoms with E-state index in [1.54, 1.807) is 6.92 Å². The van der Waals surface area contributed by atoms with Crippen LogP contribution in [0.15, 0.2) is 18.5 Å². The van der Waals surface area contributed by atoms with Crippen LogP contribution in [0.25, 0.3) is 0 Å². The number of aromatic nitrogens is 1. The Morgan fingerprint density at radius 1 is 1.71 bits per heavy atom. The molecule has 76 valence electrons. The molecule has 4 nitrogen and oxygen atoms in total. The third kappa shape index (κ3) is 3.10. The van der Waals surface area contributed by atoms with Crippen LogP contribution in [0.2, 0.25) is 0 Å². The van der Waals surface area contributed by atoms with E-state index < -0.39 is 17.8 Å². The highest BCUT2D eigenvalue weighted by Crippen LogP contribution is 2.00. The molecule has 0 spiro atoms. The molecule has 2 N–H and O–H groups in total. The van der Waals surface area contributed by atoms with Gasteiger partial charge in [-0.15, -0.1) is 0 Å². The molecule has 1 aromatic heterocycles. The van der Waals surface area contributed by atoms with E-state index in [0.29, 0.717) is 0 Å². The zero-order valence-electron chi connectivity index (χ0n) is 7.70. The van der Waals surface area contributed by atoms with E-state index in [-0.39, 0.29) is 12.1 Å². The van der Waals surface area contributed by atoms with Crippen molar-refractivity contribution >= 4 is 5.91 Å². The predicted octanol–water partition coefficient (Wildman–Crippen LogP) is 0.331. The minimum absolute atomic E-state index is 0.134. The Labute approximate surface area is 80.8 Å². The number of amides is 1. The second-order valence-electron chi connectivity index (χ2n) is 2.95. The molecule has 0 saturated heterocycles. The van der Waals surface area contributed by atoms with Crippen molar-refractivity contribution in [2.75, 3.05) is 6.54 Å². The van der Waals surface area contributed by atoms with Crippen molar-refractivity contribution in [3.8, 4) is 0 Å². The van der Waals surface area contributed by atoms with Gasteiger partial charge in [0.2, 0.25) is 0 Å². The van der Waals surface area contributed by atoms with Gasteiger partial charge in [0, 0.05) is 12.7 Å². The van der Waals surface area contributed by atoms with Gasteiger partial charge in [-0.1, -0.05) is 0 Å². The fraction of sp³-hybridized carbons (Fsp3) is 0.333. The second kappa shape index (κ2) is 4.66. The molecule has 1 rings (SSSR count). The Bertz CT molecular complexity index is 328. The summed E-state index contributed by atoms with van der Waals surface area (Å²) in [6, 6.07) is 1.09. The summed E-state index contributed by atoms with van der Waals surface area (Å²) in [4.78, 5) is 14.8. The number of aliphatic hydroxyl groups excluding tert-OH is 1. The first kappa shape index (κ1) is 10.6. The number of carbonyl (C=O) groups excluding carboxylic acids is 1. The average molecular weight is 198 g/mol. The van der Waals surface area contributed by atoms with E-state index in [0.717, 1.165) is 12.3 Å². The molecule has 0 aliphatic carbocycles. The summed E-state index contributed by atoms with van der Waals surface area (Å²) < 4.78 is 12.6. The van der Waals surface area contributed by atoms with Gasteiger partial charge in [-0.25, -0.2) is 4.39 Å². The second-order valence-corrected chi connectivity index (χ2v) is 2.95. The number of aliphatic hydroxyl groups is 1. The summed E-state index contributed by atoms with van der Waals surface area (Å²) in [7, 11) is 0. The smallest absolute Gasteiger partial charge is 0.253 e. The lowest BCUT2D eigenvalue weighted by Crippen LogP contribution is -2.30. The molecule has 1 heterocycles. The van der Waals surface area contributed by atoms with Crippen LogP contribution >= 0.6 is 0 Å². The van der Waals surface area contributed by atoms with Crippen molar-refractivity contribution in [2.24, 2.45) is 0 Å². The standard InChI is InChI=1S/C9H11FN2O2/c1-6(13)3-12-9(14)7-2-8(10)5-11-4-7/h2,4-6,13H,3H2,1H3,(H,12,14)/t6-/m0/s1. The number of carbonyl (C=O) groups is 1. The summed E-state index contributed by atoms with van der Waals surface area (Å²) in [6.07, 6.45) is 1.66. The first-order valence-corrected chi connectivity index (χ1v) is 4.16. The SMILES string of the molecule is C[C@H](O)CNC(=O)c1cncc(F)c1. The van der Waals surface area contributed by atoms with Gasteiger partial charge >= 0.3 is 0 Å². The van der Waals surface area contributed by atoms with Gasteiger partial charge in [0.25, 0.3) is 5.91 Å². The quantitative estimate of drug-likeness (QED) is 0.735. The van der Waals surface area contributed by atoms with Gasteiger partial charge in [-0.2, -0.15) is 0 Å². The molecule has 1 amide bonds. The molecule has 0 saturated carbocycles. The Balaban J connectivity index is 2.61. The zero-order chi connectivity index (χ0) is 10.6. The molecular formula is C9H11FN2O2. The third-order valence-corrected chi connectivity index (χ3v) is 1.53. The molecule has 0 radical (unpaired) electrons. The predicted molar refractivity (Wildman–Crippen MR) is 48.2 cm³/mol. The van der Waals surface area contributed by atoms with E-state index in [1.165, 1.54) is 6.20 Å². The van der Waals surface area contributed by atoms with Crippen LogP contribution in [0.5, 0.6) is 0 Å². The van der Waals surface area contributed by atoms with Gasteiger partial charge < -0.3 is 10.4 Å². The van der Waals surface area contributed by atoms with Crippen LogP contribution in [0.4, 0.5) is 4.39 Å². The molecule has 1 atom stereocenters. The summed E-state index contributed by atoms with van der Waals surface area (Å²) in [5.74, 6) is -1.01. The normalized spacial score (nSPS) is 12.2. The highest BCUT2D eigenvalue weighted by Gasteiger charge is 2.07. The Kier molecular flexibility index (Phi) is 3.53. The molecule has 0 aliphatic heterocycles. The van der Waals surface area contributed by atoms with Gasteiger partial charge in [0.05, 0.1) is 17.9 Å². The number of nitrogens with one attached hydrogen (secondary N) is 1. The van der Waals surface area contributed by atoms with Crippen LogP contribution in [0.1, 0.15) is 17.3 Å². The highest BCUT2D eigenvalue weighted by atomic mass is 19.1. The number of rotatable bonds is 3. The Morgan fingerprint density at radius 2 is 2.43 bits per heavy atom. The van der Waals surface area contributed by atoms with Crippen LogP contribution in [0.3, 0.4) is 0 Å². The Hall–Kier alpha value is -1.49. The third-order valence-electron chi connectivity index (χ3n) is 1.53. The minimum Gasteiger partial charge on any atom is -0.392 e. The van der Waals surface area contributed by atoms with Crippen LogP contribution in [-0.4, -0.2) is 28.6 Å². The number of halogens is 1. The lowest BCUT2D eigenvalue weighted by Gasteiger charge is -2.06. The first-order valence-electron chi connectivity index (χ1n) is 4.16. The number of pyridine rings is 1. The first-order chi connectivity index (χ1) is 6.59. The maximum absolute atomic E-state index is 12.6. The molecule has 14 heavy (non-hydrogen) atoms. The van der Waals surface area contributed by atoms with E-state index >= 15 is 0 Å². The largest absolute Gasteiger partial charge is 0.392 e. The van der Waals surface area contributed by atoms with Crippen molar-refractivity contribution < 1.29 is 14.3 Å². The van der Waals surface area contributed by atoms with Crippen LogP contribution < -0.4 is 5.32 Å².